The Kier molecular flexibility index (Phi) is 3.38. The number of ether oxygens (including phenoxy) is 1. The maximum absolute atomic E-state index is 7.78. The summed E-state index contributed by atoms with van der Waals surface area (Å²) in [7, 11) is 1.49. The van der Waals surface area contributed by atoms with Crippen molar-refractivity contribution in [2.45, 2.75) is 0 Å². The van der Waals surface area contributed by atoms with Crippen LogP contribution in [0.5, 0.6) is 0 Å². The molecule has 0 spiro atoms. The average Bonchev–Trinajstić information content (AvgIpc) is 1.61. The molecule has 0 saturated heterocycles. The first kappa shape index (κ1) is 5.03. The third-order valence-corrected chi connectivity index (χ3v) is 0.279. The summed E-state index contributed by atoms with van der Waals surface area (Å²) in [5.74, 6) is 0. The number of nitriles is 1. The highest BCUT2D eigenvalue weighted by Gasteiger charge is 1.55. The third kappa shape index (κ3) is 3.03. The Labute approximate surface area is 36.7 Å². The summed E-state index contributed by atoms with van der Waals surface area (Å²) < 4.78 is 4.38. The van der Waals surface area contributed by atoms with Crippen LogP contribution in [0.3, 0.4) is 0 Å². The standard InChI is InChI=1S/C4H5NO/c1-6-4-2-3-5/h2,4H,1H3/b4-2-. The van der Waals surface area contributed by atoms with Gasteiger partial charge in [0.1, 0.15) is 0 Å². The highest BCUT2D eigenvalue weighted by Crippen LogP contribution is 1.64. The Morgan fingerprint density at radius 3 is 2.67 bits per heavy atom. The Balaban J connectivity index is 3.02. The molecular formula is C4H5NO. The summed E-state index contributed by atoms with van der Waals surface area (Å²) in [6.45, 7) is 0. The molecule has 0 amide bonds. The lowest BCUT2D eigenvalue weighted by Gasteiger charge is -1.75. The first-order valence-corrected chi connectivity index (χ1v) is 1.49. The van der Waals surface area contributed by atoms with Crippen molar-refractivity contribution in [3.63, 3.8) is 0 Å². The lowest BCUT2D eigenvalue weighted by atomic mass is 10.7. The minimum atomic E-state index is 1.26. The Morgan fingerprint density at radius 1 is 1.83 bits per heavy atom. The van der Waals surface area contributed by atoms with E-state index in [0.717, 1.165) is 0 Å². The molecule has 0 aromatic heterocycles. The van der Waals surface area contributed by atoms with Gasteiger partial charge in [0.15, 0.2) is 0 Å². The van der Waals surface area contributed by atoms with Crippen molar-refractivity contribution < 1.29 is 4.74 Å². The van der Waals surface area contributed by atoms with Crippen LogP contribution in [-0.2, 0) is 4.74 Å². The SMILES string of the molecule is CO/C=C\C#N. The predicted molar refractivity (Wildman–Crippen MR) is 21.8 cm³/mol. The zero-order valence-electron chi connectivity index (χ0n) is 3.51. The second-order valence-corrected chi connectivity index (χ2v) is 0.668. The van der Waals surface area contributed by atoms with Gasteiger partial charge in [0.25, 0.3) is 0 Å². The van der Waals surface area contributed by atoms with Crippen LogP contribution < -0.4 is 0 Å². The minimum absolute atomic E-state index is 1.26. The number of hydrogen-bond donors (Lipinski definition) is 0. The molecular weight excluding hydrogens is 78.0 g/mol. The Hall–Kier alpha value is -0.970. The van der Waals surface area contributed by atoms with Crippen LogP contribution in [0.1, 0.15) is 0 Å². The van der Waals surface area contributed by atoms with Gasteiger partial charge >= 0.3 is 0 Å². The lowest BCUT2D eigenvalue weighted by Crippen LogP contribution is -1.59. The molecule has 0 bridgehead atoms. The van der Waals surface area contributed by atoms with E-state index in [9.17, 15) is 0 Å². The molecule has 0 aromatic carbocycles. The maximum Gasteiger partial charge on any atom is 0.0944 e. The molecule has 0 fully saturated rings. The molecule has 0 aliphatic carbocycles. The van der Waals surface area contributed by atoms with Gasteiger partial charge in [-0.1, -0.05) is 0 Å². The number of rotatable bonds is 1. The summed E-state index contributed by atoms with van der Waals surface area (Å²) in [5.41, 5.74) is 0. The third-order valence-electron chi connectivity index (χ3n) is 0.279. The molecule has 0 N–H and O–H groups in total. The van der Waals surface area contributed by atoms with Crippen molar-refractivity contribution >= 4 is 0 Å². The summed E-state index contributed by atoms with van der Waals surface area (Å²) in [6.07, 6.45) is 2.58. The van der Waals surface area contributed by atoms with Crippen molar-refractivity contribution in [1.82, 2.24) is 0 Å². The molecule has 0 aliphatic rings. The van der Waals surface area contributed by atoms with Crippen LogP contribution in [0.4, 0.5) is 0 Å². The molecule has 0 rings (SSSR count). The summed E-state index contributed by atoms with van der Waals surface area (Å²) in [5, 5.41) is 7.78. The molecule has 0 atom stereocenters. The number of nitrogens with zero attached hydrogens (tertiary/aromatic N) is 1. The molecule has 0 radical (unpaired) electrons. The quantitative estimate of drug-likeness (QED) is 0.345. The minimum Gasteiger partial charge on any atom is -0.504 e. The Bertz CT molecular complexity index is 80.0. The van der Waals surface area contributed by atoms with Crippen molar-refractivity contribution in [3.05, 3.63) is 12.3 Å². The first-order valence-electron chi connectivity index (χ1n) is 1.49. The van der Waals surface area contributed by atoms with Crippen LogP contribution in [-0.4, -0.2) is 7.11 Å². The van der Waals surface area contributed by atoms with Gasteiger partial charge in [-0.2, -0.15) is 5.26 Å². The molecule has 0 aliphatic heterocycles. The number of methoxy groups -OCH3 is 1. The van der Waals surface area contributed by atoms with E-state index in [2.05, 4.69) is 4.74 Å². The van der Waals surface area contributed by atoms with Crippen molar-refractivity contribution in [2.75, 3.05) is 7.11 Å². The Morgan fingerprint density at radius 2 is 2.50 bits per heavy atom. The zero-order valence-corrected chi connectivity index (χ0v) is 3.51. The van der Waals surface area contributed by atoms with Gasteiger partial charge in [0, 0.05) is 0 Å². The summed E-state index contributed by atoms with van der Waals surface area (Å²) in [6, 6.07) is 1.76. The van der Waals surface area contributed by atoms with Gasteiger partial charge in [0.2, 0.25) is 0 Å². The molecule has 0 saturated carbocycles. The van der Waals surface area contributed by atoms with Crippen LogP contribution in [0.25, 0.3) is 0 Å². The second-order valence-electron chi connectivity index (χ2n) is 0.668. The first-order chi connectivity index (χ1) is 2.91. The maximum atomic E-state index is 7.78. The molecule has 0 aromatic rings. The van der Waals surface area contributed by atoms with Crippen molar-refractivity contribution in [3.8, 4) is 6.07 Å². The van der Waals surface area contributed by atoms with Gasteiger partial charge in [-0.25, -0.2) is 0 Å². The van der Waals surface area contributed by atoms with Gasteiger partial charge < -0.3 is 4.74 Å². The van der Waals surface area contributed by atoms with Crippen molar-refractivity contribution in [1.29, 1.82) is 5.26 Å². The van der Waals surface area contributed by atoms with Crippen molar-refractivity contribution in [2.24, 2.45) is 0 Å². The fourth-order valence-corrected chi connectivity index (χ4v) is 0.0985. The zero-order chi connectivity index (χ0) is 4.83. The lowest BCUT2D eigenvalue weighted by molar-refractivity contribution is 0.338. The van der Waals surface area contributed by atoms with E-state index in [-0.39, 0.29) is 0 Å². The van der Waals surface area contributed by atoms with Crippen LogP contribution in [0.2, 0.25) is 0 Å². The molecule has 0 heterocycles. The highest BCUT2D eigenvalue weighted by molar-refractivity contribution is 4.97. The molecule has 0 unspecified atom stereocenters. The average molecular weight is 83.1 g/mol. The van der Waals surface area contributed by atoms with E-state index in [0.29, 0.717) is 0 Å². The van der Waals surface area contributed by atoms with E-state index in [4.69, 9.17) is 5.26 Å². The molecule has 32 valence electrons. The van der Waals surface area contributed by atoms with E-state index in [1.54, 1.807) is 6.07 Å². The van der Waals surface area contributed by atoms with E-state index in [1.165, 1.54) is 19.4 Å². The predicted octanol–water partition coefficient (Wildman–Crippen LogP) is 0.670. The normalized spacial score (nSPS) is 8.00. The smallest absolute Gasteiger partial charge is 0.0944 e. The van der Waals surface area contributed by atoms with Crippen LogP contribution in [0.15, 0.2) is 12.3 Å². The topological polar surface area (TPSA) is 33.0 Å². The summed E-state index contributed by atoms with van der Waals surface area (Å²) >= 11 is 0. The number of hydrogen-bond acceptors (Lipinski definition) is 2. The number of allylic oxidation sites excluding steroid dienone is 1. The van der Waals surface area contributed by atoms with Gasteiger partial charge in [-0.05, 0) is 0 Å². The highest BCUT2D eigenvalue weighted by atomic mass is 16.5. The molecule has 2 nitrogen and oxygen atoms in total. The second kappa shape index (κ2) is 4.03. The fraction of sp³-hybridized carbons (Fsp3) is 0.250. The summed E-state index contributed by atoms with van der Waals surface area (Å²) in [4.78, 5) is 0. The van der Waals surface area contributed by atoms with E-state index < -0.39 is 0 Å². The van der Waals surface area contributed by atoms with Gasteiger partial charge in [0.05, 0.1) is 25.5 Å². The monoisotopic (exact) mass is 83.0 g/mol. The van der Waals surface area contributed by atoms with Crippen LogP contribution >= 0.6 is 0 Å². The molecule has 2 heteroatoms. The van der Waals surface area contributed by atoms with Gasteiger partial charge in [-0.3, -0.25) is 0 Å². The van der Waals surface area contributed by atoms with Crippen LogP contribution in [0, 0.1) is 11.3 Å². The van der Waals surface area contributed by atoms with Gasteiger partial charge in [-0.15, -0.1) is 0 Å². The fourth-order valence-electron chi connectivity index (χ4n) is 0.0985. The molecule has 6 heavy (non-hydrogen) atoms. The largest absolute Gasteiger partial charge is 0.504 e. The van der Waals surface area contributed by atoms with E-state index >= 15 is 0 Å². The van der Waals surface area contributed by atoms with E-state index in [1.807, 2.05) is 0 Å².